The molecule has 0 radical (unpaired) electrons. The normalized spacial score (nSPS) is 18.0. The largest absolute Gasteiger partial charge is 0.495 e. The lowest BCUT2D eigenvalue weighted by atomic mass is 9.97. The first-order valence-electron chi connectivity index (χ1n) is 7.47. The summed E-state index contributed by atoms with van der Waals surface area (Å²) in [6.07, 6.45) is 2.26. The first-order chi connectivity index (χ1) is 10.2. The van der Waals surface area contributed by atoms with Crippen molar-refractivity contribution in [1.82, 2.24) is 4.90 Å². The molecule has 1 saturated heterocycles. The van der Waals surface area contributed by atoms with Crippen molar-refractivity contribution in [3.63, 3.8) is 0 Å². The maximum atomic E-state index is 6.23. The van der Waals surface area contributed by atoms with Crippen LogP contribution < -0.4 is 10.5 Å². The predicted octanol–water partition coefficient (Wildman–Crippen LogP) is 2.71. The molecule has 1 atom stereocenters. The van der Waals surface area contributed by atoms with E-state index in [1.54, 1.807) is 7.11 Å². The summed E-state index contributed by atoms with van der Waals surface area (Å²) < 4.78 is 10.6. The number of halogens is 1. The van der Waals surface area contributed by atoms with Crippen LogP contribution in [0.5, 0.6) is 5.75 Å². The topological polar surface area (TPSA) is 47.7 Å². The van der Waals surface area contributed by atoms with E-state index in [2.05, 4.69) is 11.9 Å². The summed E-state index contributed by atoms with van der Waals surface area (Å²) >= 11 is 6.23. The molecule has 0 spiro atoms. The smallest absolute Gasteiger partial charge is 0.137 e. The average Bonchev–Trinajstić information content (AvgIpc) is 2.49. The second-order valence-corrected chi connectivity index (χ2v) is 6.05. The van der Waals surface area contributed by atoms with Crippen molar-refractivity contribution in [3.8, 4) is 5.75 Å². The summed E-state index contributed by atoms with van der Waals surface area (Å²) in [5.74, 6) is 1.38. The highest BCUT2D eigenvalue weighted by atomic mass is 35.5. The molecule has 1 aliphatic heterocycles. The molecular weight excluding hydrogens is 288 g/mol. The van der Waals surface area contributed by atoms with Gasteiger partial charge in [-0.25, -0.2) is 0 Å². The van der Waals surface area contributed by atoms with E-state index in [0.29, 0.717) is 23.2 Å². The number of nitrogens with two attached hydrogens (primary N) is 1. The van der Waals surface area contributed by atoms with Crippen LogP contribution in [-0.4, -0.2) is 45.4 Å². The van der Waals surface area contributed by atoms with Gasteiger partial charge in [0, 0.05) is 32.3 Å². The summed E-state index contributed by atoms with van der Waals surface area (Å²) in [6, 6.07) is 6.08. The molecular formula is C16H25ClN2O2. The lowest BCUT2D eigenvalue weighted by Crippen LogP contribution is -2.36. The second kappa shape index (κ2) is 7.99. The SMILES string of the molecule is COc1ccc(C(CN)N(C)CC2CCOCC2)cc1Cl. The number of ether oxygens (including phenoxy) is 2. The Morgan fingerprint density at radius 3 is 2.71 bits per heavy atom. The van der Waals surface area contributed by atoms with Crippen LogP contribution in [0, 0.1) is 5.92 Å². The van der Waals surface area contributed by atoms with Crippen LogP contribution in [0.1, 0.15) is 24.4 Å². The Morgan fingerprint density at radius 1 is 1.43 bits per heavy atom. The molecule has 4 nitrogen and oxygen atoms in total. The molecule has 2 rings (SSSR count). The van der Waals surface area contributed by atoms with Gasteiger partial charge in [-0.05, 0) is 43.5 Å². The molecule has 118 valence electrons. The minimum absolute atomic E-state index is 0.177. The summed E-state index contributed by atoms with van der Waals surface area (Å²) in [5.41, 5.74) is 7.13. The Kier molecular flexibility index (Phi) is 6.30. The van der Waals surface area contributed by atoms with Gasteiger partial charge in [-0.1, -0.05) is 17.7 Å². The minimum atomic E-state index is 0.177. The summed E-state index contributed by atoms with van der Waals surface area (Å²) in [5, 5.41) is 0.632. The lowest BCUT2D eigenvalue weighted by Gasteiger charge is -2.32. The van der Waals surface area contributed by atoms with Crippen molar-refractivity contribution in [2.75, 3.05) is 40.5 Å². The van der Waals surface area contributed by atoms with Gasteiger partial charge in [-0.15, -0.1) is 0 Å². The van der Waals surface area contributed by atoms with E-state index in [9.17, 15) is 0 Å². The van der Waals surface area contributed by atoms with Crippen molar-refractivity contribution in [1.29, 1.82) is 0 Å². The standard InChI is InChI=1S/C16H25ClN2O2/c1-19(11-12-5-7-21-8-6-12)15(10-18)13-3-4-16(20-2)14(17)9-13/h3-4,9,12,15H,5-8,10-11,18H2,1-2H3. The fourth-order valence-corrected chi connectivity index (χ4v) is 3.19. The molecule has 1 aromatic carbocycles. The highest BCUT2D eigenvalue weighted by Crippen LogP contribution is 2.30. The predicted molar refractivity (Wildman–Crippen MR) is 86.0 cm³/mol. The first kappa shape index (κ1) is 16.6. The Morgan fingerprint density at radius 2 is 2.14 bits per heavy atom. The molecule has 1 unspecified atom stereocenters. The van der Waals surface area contributed by atoms with Crippen LogP contribution in [0.25, 0.3) is 0 Å². The molecule has 0 aliphatic carbocycles. The van der Waals surface area contributed by atoms with Crippen LogP contribution in [-0.2, 0) is 4.74 Å². The van der Waals surface area contributed by atoms with Gasteiger partial charge in [0.05, 0.1) is 12.1 Å². The molecule has 1 aromatic rings. The van der Waals surface area contributed by atoms with Gasteiger partial charge in [-0.2, -0.15) is 0 Å². The van der Waals surface area contributed by atoms with Crippen molar-refractivity contribution in [2.45, 2.75) is 18.9 Å². The van der Waals surface area contributed by atoms with Crippen LogP contribution in [0.2, 0.25) is 5.02 Å². The van der Waals surface area contributed by atoms with Crippen LogP contribution in [0.3, 0.4) is 0 Å². The van der Waals surface area contributed by atoms with Gasteiger partial charge in [-0.3, -0.25) is 4.90 Å². The number of benzene rings is 1. The molecule has 0 aromatic heterocycles. The second-order valence-electron chi connectivity index (χ2n) is 5.64. The molecule has 1 aliphatic rings. The van der Waals surface area contributed by atoms with Crippen LogP contribution in [0.15, 0.2) is 18.2 Å². The fourth-order valence-electron chi connectivity index (χ4n) is 2.92. The van der Waals surface area contributed by atoms with E-state index < -0.39 is 0 Å². The third-order valence-corrected chi connectivity index (χ3v) is 4.50. The molecule has 21 heavy (non-hydrogen) atoms. The van der Waals surface area contributed by atoms with Crippen LogP contribution >= 0.6 is 11.6 Å². The number of hydrogen-bond acceptors (Lipinski definition) is 4. The van der Waals surface area contributed by atoms with Gasteiger partial charge in [0.25, 0.3) is 0 Å². The monoisotopic (exact) mass is 312 g/mol. The summed E-state index contributed by atoms with van der Waals surface area (Å²) in [6.45, 7) is 3.36. The Labute approximate surface area is 132 Å². The maximum Gasteiger partial charge on any atom is 0.137 e. The van der Waals surface area contributed by atoms with Gasteiger partial charge in [0.15, 0.2) is 0 Å². The lowest BCUT2D eigenvalue weighted by molar-refractivity contribution is 0.0507. The fraction of sp³-hybridized carbons (Fsp3) is 0.625. The molecule has 0 saturated carbocycles. The van der Waals surface area contributed by atoms with E-state index in [1.165, 1.54) is 0 Å². The zero-order valence-corrected chi connectivity index (χ0v) is 13.6. The van der Waals surface area contributed by atoms with Crippen molar-refractivity contribution < 1.29 is 9.47 Å². The van der Waals surface area contributed by atoms with Gasteiger partial charge < -0.3 is 15.2 Å². The minimum Gasteiger partial charge on any atom is -0.495 e. The molecule has 1 heterocycles. The highest BCUT2D eigenvalue weighted by Gasteiger charge is 2.21. The molecule has 0 bridgehead atoms. The molecule has 1 fully saturated rings. The molecule has 2 N–H and O–H groups in total. The van der Waals surface area contributed by atoms with Gasteiger partial charge in [0.2, 0.25) is 0 Å². The maximum absolute atomic E-state index is 6.23. The van der Waals surface area contributed by atoms with E-state index in [0.717, 1.165) is 38.2 Å². The quantitative estimate of drug-likeness (QED) is 0.877. The number of nitrogens with zero attached hydrogens (tertiary/aromatic N) is 1. The summed E-state index contributed by atoms with van der Waals surface area (Å²) in [4.78, 5) is 2.33. The summed E-state index contributed by atoms with van der Waals surface area (Å²) in [7, 11) is 3.75. The van der Waals surface area contributed by atoms with Crippen molar-refractivity contribution >= 4 is 11.6 Å². The van der Waals surface area contributed by atoms with E-state index >= 15 is 0 Å². The first-order valence-corrected chi connectivity index (χ1v) is 7.85. The molecule has 5 heteroatoms. The Balaban J connectivity index is 2.05. The van der Waals surface area contributed by atoms with E-state index in [1.807, 2.05) is 18.2 Å². The van der Waals surface area contributed by atoms with Crippen LogP contribution in [0.4, 0.5) is 0 Å². The number of hydrogen-bond donors (Lipinski definition) is 1. The van der Waals surface area contributed by atoms with E-state index in [4.69, 9.17) is 26.8 Å². The zero-order chi connectivity index (χ0) is 15.2. The van der Waals surface area contributed by atoms with Crippen molar-refractivity contribution in [2.24, 2.45) is 11.7 Å². The Bertz CT molecular complexity index is 450. The third kappa shape index (κ3) is 4.33. The third-order valence-electron chi connectivity index (χ3n) is 4.20. The molecule has 0 amide bonds. The number of rotatable bonds is 6. The number of methoxy groups -OCH3 is 1. The Hall–Kier alpha value is -0.810. The zero-order valence-electron chi connectivity index (χ0n) is 12.8. The van der Waals surface area contributed by atoms with E-state index in [-0.39, 0.29) is 6.04 Å². The average molecular weight is 313 g/mol. The highest BCUT2D eigenvalue weighted by molar-refractivity contribution is 6.32. The number of likely N-dealkylation sites (N-methyl/N-ethyl adjacent to an activating group) is 1. The van der Waals surface area contributed by atoms with Crippen molar-refractivity contribution in [3.05, 3.63) is 28.8 Å². The van der Waals surface area contributed by atoms with Gasteiger partial charge >= 0.3 is 0 Å². The van der Waals surface area contributed by atoms with Gasteiger partial charge in [0.1, 0.15) is 5.75 Å².